The molecule has 0 aliphatic carbocycles. The Labute approximate surface area is 179 Å². The van der Waals surface area contributed by atoms with Crippen LogP contribution in [0.3, 0.4) is 0 Å². The van der Waals surface area contributed by atoms with Crippen molar-refractivity contribution in [1.82, 2.24) is 24.4 Å². The number of nitrogens with zero attached hydrogens (tertiary/aromatic N) is 4. The van der Waals surface area contributed by atoms with E-state index in [0.717, 1.165) is 22.3 Å². The van der Waals surface area contributed by atoms with Gasteiger partial charge in [-0.2, -0.15) is 0 Å². The van der Waals surface area contributed by atoms with Crippen LogP contribution in [0.4, 0.5) is 0 Å². The Balaban J connectivity index is 1.33. The number of nitrogens with one attached hydrogen (secondary N) is 1. The molecule has 2 aromatic carbocycles. The largest absolute Gasteiger partial charge is 0.494 e. The summed E-state index contributed by atoms with van der Waals surface area (Å²) in [6.45, 7) is 3.37. The maximum Gasteiger partial charge on any atom is 0.253 e. The van der Waals surface area contributed by atoms with Gasteiger partial charge in [-0.05, 0) is 43.3 Å². The van der Waals surface area contributed by atoms with Crippen LogP contribution in [0, 0.1) is 0 Å². The van der Waals surface area contributed by atoms with E-state index in [1.54, 1.807) is 10.9 Å². The van der Waals surface area contributed by atoms with E-state index < -0.39 is 0 Å². The number of benzene rings is 2. The molecule has 0 radical (unpaired) electrons. The fraction of sp³-hybridized carbons (Fsp3) is 0.217. The molecule has 8 nitrogen and oxygen atoms in total. The number of carbonyl (C=O) groups is 1. The average molecular weight is 417 g/mol. The first-order valence-electron chi connectivity index (χ1n) is 10.1. The second kappa shape index (κ2) is 9.25. The van der Waals surface area contributed by atoms with Crippen LogP contribution >= 0.6 is 0 Å². The predicted molar refractivity (Wildman–Crippen MR) is 118 cm³/mol. The molecule has 0 spiro atoms. The maximum atomic E-state index is 12.4. The highest BCUT2D eigenvalue weighted by atomic mass is 16.5. The summed E-state index contributed by atoms with van der Waals surface area (Å²) in [5.74, 6) is 0.634. The van der Waals surface area contributed by atoms with Crippen LogP contribution < -0.4 is 15.6 Å². The molecule has 0 fully saturated rings. The van der Waals surface area contributed by atoms with Gasteiger partial charge >= 0.3 is 0 Å². The SMILES string of the molecule is CCOc1ccc(-c2cc(=O)n(CCNC(=O)Cn3cnc4ccccc43)cn2)cc1. The minimum Gasteiger partial charge on any atom is -0.494 e. The number of hydrogen-bond acceptors (Lipinski definition) is 5. The Bertz CT molecular complexity index is 1240. The number of fused-ring (bicyclic) bond motifs is 1. The van der Waals surface area contributed by atoms with Crippen LogP contribution in [0.25, 0.3) is 22.3 Å². The summed E-state index contributed by atoms with van der Waals surface area (Å²) in [6, 6.07) is 16.6. The Kier molecular flexibility index (Phi) is 6.07. The standard InChI is InChI=1S/C23H23N5O3/c1-2-31-18-9-7-17(8-10-18)20-13-23(30)27(15-26-20)12-11-24-22(29)14-28-16-25-19-5-3-4-6-21(19)28/h3-10,13,15-16H,2,11-12,14H2,1H3,(H,24,29). The summed E-state index contributed by atoms with van der Waals surface area (Å²) in [7, 11) is 0. The van der Waals surface area contributed by atoms with E-state index in [0.29, 0.717) is 25.4 Å². The lowest BCUT2D eigenvalue weighted by atomic mass is 10.1. The van der Waals surface area contributed by atoms with Crippen molar-refractivity contribution >= 4 is 16.9 Å². The Morgan fingerprint density at radius 1 is 1.03 bits per heavy atom. The van der Waals surface area contributed by atoms with Gasteiger partial charge in [-0.1, -0.05) is 12.1 Å². The normalized spacial score (nSPS) is 10.9. The van der Waals surface area contributed by atoms with E-state index in [9.17, 15) is 9.59 Å². The van der Waals surface area contributed by atoms with Crippen molar-refractivity contribution in [2.75, 3.05) is 13.2 Å². The molecule has 0 aliphatic rings. The zero-order chi connectivity index (χ0) is 21.6. The Morgan fingerprint density at radius 2 is 1.81 bits per heavy atom. The van der Waals surface area contributed by atoms with Crippen molar-refractivity contribution in [1.29, 1.82) is 0 Å². The second-order valence-corrected chi connectivity index (χ2v) is 6.97. The molecule has 4 rings (SSSR count). The monoisotopic (exact) mass is 417 g/mol. The zero-order valence-electron chi connectivity index (χ0n) is 17.2. The van der Waals surface area contributed by atoms with E-state index in [2.05, 4.69) is 15.3 Å². The fourth-order valence-corrected chi connectivity index (χ4v) is 3.30. The van der Waals surface area contributed by atoms with Gasteiger partial charge in [0.15, 0.2) is 0 Å². The van der Waals surface area contributed by atoms with Crippen LogP contribution in [0.5, 0.6) is 5.75 Å². The highest BCUT2D eigenvalue weighted by Crippen LogP contribution is 2.19. The molecule has 0 saturated heterocycles. The van der Waals surface area contributed by atoms with Gasteiger partial charge in [-0.3, -0.25) is 14.2 Å². The quantitative estimate of drug-likeness (QED) is 0.476. The lowest BCUT2D eigenvalue weighted by Crippen LogP contribution is -2.32. The molecule has 1 N–H and O–H groups in total. The predicted octanol–water partition coefficient (Wildman–Crippen LogP) is 2.48. The molecule has 158 valence electrons. The van der Waals surface area contributed by atoms with Crippen molar-refractivity contribution in [3.05, 3.63) is 77.6 Å². The minimum atomic E-state index is -0.172. The second-order valence-electron chi connectivity index (χ2n) is 6.97. The third-order valence-electron chi connectivity index (χ3n) is 4.86. The molecule has 0 unspecified atom stereocenters. The number of imidazole rings is 1. The van der Waals surface area contributed by atoms with Crippen LogP contribution in [-0.2, 0) is 17.9 Å². The molecule has 0 saturated carbocycles. The van der Waals surface area contributed by atoms with Gasteiger partial charge in [-0.25, -0.2) is 9.97 Å². The molecule has 8 heteroatoms. The van der Waals surface area contributed by atoms with Crippen molar-refractivity contribution in [3.8, 4) is 17.0 Å². The third-order valence-corrected chi connectivity index (χ3v) is 4.86. The first-order valence-corrected chi connectivity index (χ1v) is 10.1. The number of para-hydroxylation sites is 2. The van der Waals surface area contributed by atoms with E-state index in [4.69, 9.17) is 4.74 Å². The van der Waals surface area contributed by atoms with Gasteiger partial charge in [0.1, 0.15) is 12.3 Å². The summed E-state index contributed by atoms with van der Waals surface area (Å²) in [5.41, 5.74) is 3.02. The summed E-state index contributed by atoms with van der Waals surface area (Å²) in [5, 5.41) is 2.84. The Morgan fingerprint density at radius 3 is 2.58 bits per heavy atom. The highest BCUT2D eigenvalue weighted by Gasteiger charge is 2.08. The third kappa shape index (κ3) is 4.80. The number of carbonyl (C=O) groups excluding carboxylic acids is 1. The molecule has 1 amide bonds. The topological polar surface area (TPSA) is 91.0 Å². The van der Waals surface area contributed by atoms with Gasteiger partial charge in [0.05, 0.1) is 36.0 Å². The minimum absolute atomic E-state index is 0.143. The number of amides is 1. The lowest BCUT2D eigenvalue weighted by Gasteiger charge is -2.09. The summed E-state index contributed by atoms with van der Waals surface area (Å²) < 4.78 is 8.70. The van der Waals surface area contributed by atoms with Crippen molar-refractivity contribution in [2.45, 2.75) is 20.0 Å². The van der Waals surface area contributed by atoms with Crippen molar-refractivity contribution in [2.24, 2.45) is 0 Å². The molecular formula is C23H23N5O3. The molecule has 0 aliphatic heterocycles. The van der Waals surface area contributed by atoms with Crippen LogP contribution in [0.15, 0.2) is 72.0 Å². The summed E-state index contributed by atoms with van der Waals surface area (Å²) in [6.07, 6.45) is 3.15. The maximum absolute atomic E-state index is 12.4. The number of aromatic nitrogens is 4. The van der Waals surface area contributed by atoms with Crippen LogP contribution in [0.2, 0.25) is 0 Å². The van der Waals surface area contributed by atoms with Crippen molar-refractivity contribution < 1.29 is 9.53 Å². The van der Waals surface area contributed by atoms with Gasteiger partial charge in [-0.15, -0.1) is 0 Å². The van der Waals surface area contributed by atoms with E-state index >= 15 is 0 Å². The summed E-state index contributed by atoms with van der Waals surface area (Å²) >= 11 is 0. The van der Waals surface area contributed by atoms with Gasteiger partial charge in [0.2, 0.25) is 5.91 Å². The van der Waals surface area contributed by atoms with E-state index in [-0.39, 0.29) is 18.0 Å². The number of rotatable bonds is 8. The number of ether oxygens (including phenoxy) is 1. The molecule has 2 heterocycles. The van der Waals surface area contributed by atoms with E-state index in [1.165, 1.54) is 17.0 Å². The molecule has 31 heavy (non-hydrogen) atoms. The van der Waals surface area contributed by atoms with Gasteiger partial charge in [0, 0.05) is 24.7 Å². The van der Waals surface area contributed by atoms with Gasteiger partial charge in [0.25, 0.3) is 5.56 Å². The van der Waals surface area contributed by atoms with Crippen molar-refractivity contribution in [3.63, 3.8) is 0 Å². The average Bonchev–Trinajstić information content (AvgIpc) is 3.18. The molecular weight excluding hydrogens is 394 g/mol. The zero-order valence-corrected chi connectivity index (χ0v) is 17.2. The first-order chi connectivity index (χ1) is 15.1. The highest BCUT2D eigenvalue weighted by molar-refractivity contribution is 5.80. The van der Waals surface area contributed by atoms with E-state index in [1.807, 2.05) is 55.5 Å². The summed E-state index contributed by atoms with van der Waals surface area (Å²) in [4.78, 5) is 33.4. The lowest BCUT2D eigenvalue weighted by molar-refractivity contribution is -0.121. The molecule has 0 bridgehead atoms. The van der Waals surface area contributed by atoms with Crippen LogP contribution in [-0.4, -0.2) is 38.2 Å². The first kappa shape index (κ1) is 20.3. The molecule has 2 aromatic heterocycles. The van der Waals surface area contributed by atoms with Crippen LogP contribution in [0.1, 0.15) is 6.92 Å². The Hall–Kier alpha value is -3.94. The van der Waals surface area contributed by atoms with Gasteiger partial charge < -0.3 is 14.6 Å². The molecule has 0 atom stereocenters. The smallest absolute Gasteiger partial charge is 0.253 e. The number of hydrogen-bond donors (Lipinski definition) is 1. The molecule has 4 aromatic rings. The fourth-order valence-electron chi connectivity index (χ4n) is 3.30.